The molecule has 1 atom stereocenters. The van der Waals surface area contributed by atoms with E-state index in [-0.39, 0.29) is 19.3 Å². The van der Waals surface area contributed by atoms with Crippen LogP contribution in [0.1, 0.15) is 31.4 Å². The SMILES string of the molecule is OCc1cc(N2CCCCCC2CO)c2ccccc2n1. The summed E-state index contributed by atoms with van der Waals surface area (Å²) in [5, 5.41) is 20.3. The van der Waals surface area contributed by atoms with Crippen LogP contribution in [0.2, 0.25) is 0 Å². The van der Waals surface area contributed by atoms with Crippen LogP contribution in [0.3, 0.4) is 0 Å². The van der Waals surface area contributed by atoms with E-state index < -0.39 is 0 Å². The molecule has 0 radical (unpaired) electrons. The molecule has 21 heavy (non-hydrogen) atoms. The number of benzene rings is 1. The summed E-state index contributed by atoms with van der Waals surface area (Å²) in [6.07, 6.45) is 4.53. The van der Waals surface area contributed by atoms with Crippen molar-refractivity contribution in [3.63, 3.8) is 0 Å². The molecule has 112 valence electrons. The maximum Gasteiger partial charge on any atom is 0.0854 e. The number of pyridine rings is 1. The molecule has 0 amide bonds. The van der Waals surface area contributed by atoms with Crippen LogP contribution in [0.5, 0.6) is 0 Å². The van der Waals surface area contributed by atoms with Crippen LogP contribution in [-0.4, -0.2) is 34.4 Å². The summed E-state index contributed by atoms with van der Waals surface area (Å²) >= 11 is 0. The van der Waals surface area contributed by atoms with Gasteiger partial charge in [0.15, 0.2) is 0 Å². The second-order valence-corrected chi connectivity index (χ2v) is 5.69. The lowest BCUT2D eigenvalue weighted by atomic mass is 10.1. The average Bonchev–Trinajstić information content (AvgIpc) is 2.78. The van der Waals surface area contributed by atoms with Gasteiger partial charge in [-0.3, -0.25) is 4.98 Å². The Bertz CT molecular complexity index is 615. The van der Waals surface area contributed by atoms with Crippen molar-refractivity contribution in [1.29, 1.82) is 0 Å². The molecule has 2 aromatic rings. The third-order valence-corrected chi connectivity index (χ3v) is 4.31. The Kier molecular flexibility index (Phi) is 4.36. The van der Waals surface area contributed by atoms with Crippen LogP contribution >= 0.6 is 0 Å². The lowest BCUT2D eigenvalue weighted by Gasteiger charge is -2.32. The van der Waals surface area contributed by atoms with E-state index in [4.69, 9.17) is 0 Å². The smallest absolute Gasteiger partial charge is 0.0854 e. The molecule has 1 unspecified atom stereocenters. The molecule has 4 heteroatoms. The van der Waals surface area contributed by atoms with Crippen molar-refractivity contribution in [2.75, 3.05) is 18.1 Å². The number of hydrogen-bond donors (Lipinski definition) is 2. The number of rotatable bonds is 3. The predicted molar refractivity (Wildman–Crippen MR) is 84.4 cm³/mol. The Morgan fingerprint density at radius 1 is 1.14 bits per heavy atom. The van der Waals surface area contributed by atoms with Gasteiger partial charge in [0.25, 0.3) is 0 Å². The highest BCUT2D eigenvalue weighted by molar-refractivity contribution is 5.92. The van der Waals surface area contributed by atoms with Crippen LogP contribution in [0.4, 0.5) is 5.69 Å². The summed E-state index contributed by atoms with van der Waals surface area (Å²) in [7, 11) is 0. The number of aliphatic hydroxyl groups is 2. The first-order chi connectivity index (χ1) is 10.3. The van der Waals surface area contributed by atoms with Crippen molar-refractivity contribution < 1.29 is 10.2 Å². The van der Waals surface area contributed by atoms with Crippen LogP contribution in [0.25, 0.3) is 10.9 Å². The Morgan fingerprint density at radius 2 is 2.00 bits per heavy atom. The zero-order valence-corrected chi connectivity index (χ0v) is 12.2. The molecular formula is C17H22N2O2. The fraction of sp³-hybridized carbons (Fsp3) is 0.471. The monoisotopic (exact) mass is 286 g/mol. The Labute approximate surface area is 125 Å². The number of fused-ring (bicyclic) bond motifs is 1. The first kappa shape index (κ1) is 14.3. The number of aromatic nitrogens is 1. The molecule has 1 saturated heterocycles. The normalized spacial score (nSPS) is 19.7. The van der Waals surface area contributed by atoms with Gasteiger partial charge in [0.05, 0.1) is 30.5 Å². The minimum atomic E-state index is -0.0601. The van der Waals surface area contributed by atoms with E-state index in [1.54, 1.807) is 0 Å². The fourth-order valence-electron chi connectivity index (χ4n) is 3.21. The first-order valence-electron chi connectivity index (χ1n) is 7.70. The summed E-state index contributed by atoms with van der Waals surface area (Å²) < 4.78 is 0. The minimum Gasteiger partial charge on any atom is -0.394 e. The lowest BCUT2D eigenvalue weighted by molar-refractivity contribution is 0.255. The van der Waals surface area contributed by atoms with Gasteiger partial charge in [-0.15, -0.1) is 0 Å². The summed E-state index contributed by atoms with van der Waals surface area (Å²) in [6, 6.07) is 10.1. The molecule has 2 heterocycles. The molecule has 3 rings (SSSR count). The van der Waals surface area contributed by atoms with Gasteiger partial charge < -0.3 is 15.1 Å². The zero-order valence-electron chi connectivity index (χ0n) is 12.2. The molecule has 2 N–H and O–H groups in total. The highest BCUT2D eigenvalue weighted by Crippen LogP contribution is 2.31. The summed E-state index contributed by atoms with van der Waals surface area (Å²) in [5.41, 5.74) is 2.68. The van der Waals surface area contributed by atoms with Gasteiger partial charge >= 0.3 is 0 Å². The Morgan fingerprint density at radius 3 is 2.81 bits per heavy atom. The molecule has 1 aromatic carbocycles. The molecule has 0 bridgehead atoms. The van der Waals surface area contributed by atoms with Crippen molar-refractivity contribution in [3.05, 3.63) is 36.0 Å². The standard InChI is InChI=1S/C17H22N2O2/c20-11-13-10-17(15-7-3-4-8-16(15)18-13)19-9-5-1-2-6-14(19)12-21/h3-4,7-8,10,14,20-21H,1-2,5-6,9,11-12H2. The maximum atomic E-state index is 9.74. The quantitative estimate of drug-likeness (QED) is 0.910. The summed E-state index contributed by atoms with van der Waals surface area (Å²) in [4.78, 5) is 6.79. The Balaban J connectivity index is 2.12. The van der Waals surface area contributed by atoms with E-state index in [2.05, 4.69) is 16.0 Å². The van der Waals surface area contributed by atoms with Crippen molar-refractivity contribution in [2.24, 2.45) is 0 Å². The second-order valence-electron chi connectivity index (χ2n) is 5.69. The number of hydrogen-bond acceptors (Lipinski definition) is 4. The van der Waals surface area contributed by atoms with Gasteiger partial charge in [0.1, 0.15) is 0 Å². The minimum absolute atomic E-state index is 0.0601. The van der Waals surface area contributed by atoms with Crippen molar-refractivity contribution in [2.45, 2.75) is 38.3 Å². The molecule has 4 nitrogen and oxygen atoms in total. The Hall–Kier alpha value is -1.65. The van der Waals surface area contributed by atoms with E-state index in [0.29, 0.717) is 5.69 Å². The third-order valence-electron chi connectivity index (χ3n) is 4.31. The maximum absolute atomic E-state index is 9.74. The second kappa shape index (κ2) is 6.41. The van der Waals surface area contributed by atoms with Crippen molar-refractivity contribution >= 4 is 16.6 Å². The van der Waals surface area contributed by atoms with Crippen LogP contribution in [0, 0.1) is 0 Å². The number of anilines is 1. The van der Waals surface area contributed by atoms with E-state index in [1.165, 1.54) is 6.42 Å². The molecular weight excluding hydrogens is 264 g/mol. The van der Waals surface area contributed by atoms with E-state index in [0.717, 1.165) is 42.4 Å². The number of para-hydroxylation sites is 1. The molecule has 1 fully saturated rings. The van der Waals surface area contributed by atoms with E-state index >= 15 is 0 Å². The summed E-state index contributed by atoms with van der Waals surface area (Å²) in [6.45, 7) is 1.06. The van der Waals surface area contributed by atoms with Gasteiger partial charge in [-0.25, -0.2) is 0 Å². The van der Waals surface area contributed by atoms with Crippen molar-refractivity contribution in [1.82, 2.24) is 4.98 Å². The molecule has 0 aliphatic carbocycles. The highest BCUT2D eigenvalue weighted by atomic mass is 16.3. The first-order valence-corrected chi connectivity index (χ1v) is 7.70. The fourth-order valence-corrected chi connectivity index (χ4v) is 3.21. The van der Waals surface area contributed by atoms with Crippen LogP contribution in [0.15, 0.2) is 30.3 Å². The molecule has 1 aromatic heterocycles. The number of nitrogens with zero attached hydrogens (tertiary/aromatic N) is 2. The largest absolute Gasteiger partial charge is 0.394 e. The van der Waals surface area contributed by atoms with Gasteiger partial charge in [-0.05, 0) is 25.0 Å². The summed E-state index contributed by atoms with van der Waals surface area (Å²) in [5.74, 6) is 0. The van der Waals surface area contributed by atoms with Gasteiger partial charge in [-0.1, -0.05) is 31.0 Å². The van der Waals surface area contributed by atoms with Crippen LogP contribution in [-0.2, 0) is 6.61 Å². The predicted octanol–water partition coefficient (Wildman–Crippen LogP) is 2.47. The molecule has 0 spiro atoms. The zero-order chi connectivity index (χ0) is 14.7. The van der Waals surface area contributed by atoms with Gasteiger partial charge in [0, 0.05) is 17.6 Å². The molecule has 1 aliphatic rings. The molecule has 0 saturated carbocycles. The topological polar surface area (TPSA) is 56.6 Å². The highest BCUT2D eigenvalue weighted by Gasteiger charge is 2.22. The van der Waals surface area contributed by atoms with Crippen LogP contribution < -0.4 is 4.90 Å². The molecule has 1 aliphatic heterocycles. The lowest BCUT2D eigenvalue weighted by Crippen LogP contribution is -2.37. The van der Waals surface area contributed by atoms with Gasteiger partial charge in [-0.2, -0.15) is 0 Å². The third kappa shape index (κ3) is 2.87. The van der Waals surface area contributed by atoms with E-state index in [9.17, 15) is 10.2 Å². The van der Waals surface area contributed by atoms with Crippen molar-refractivity contribution in [3.8, 4) is 0 Å². The average molecular weight is 286 g/mol. The van der Waals surface area contributed by atoms with E-state index in [1.807, 2.05) is 24.3 Å². The van der Waals surface area contributed by atoms with Gasteiger partial charge in [0.2, 0.25) is 0 Å². The number of aliphatic hydroxyl groups excluding tert-OH is 2.